The molecule has 1 aliphatic rings. The molecule has 0 heterocycles. The molecule has 4 rings (SSSR count). The Labute approximate surface area is 249 Å². The molecule has 43 heavy (non-hydrogen) atoms. The summed E-state index contributed by atoms with van der Waals surface area (Å²) >= 11 is 0. The van der Waals surface area contributed by atoms with Crippen LogP contribution in [0.25, 0.3) is 11.1 Å². The van der Waals surface area contributed by atoms with E-state index in [9.17, 15) is 19.2 Å². The van der Waals surface area contributed by atoms with Gasteiger partial charge in [-0.15, -0.1) is 0 Å². The van der Waals surface area contributed by atoms with Crippen LogP contribution in [0.5, 0.6) is 5.75 Å². The number of hydrogen-bond donors (Lipinski definition) is 2. The molecule has 0 bridgehead atoms. The zero-order chi connectivity index (χ0) is 31.0. The zero-order valence-electron chi connectivity index (χ0n) is 24.3. The van der Waals surface area contributed by atoms with Gasteiger partial charge in [0.15, 0.2) is 0 Å². The fraction of sp³-hybridized carbons (Fsp3) is 0.333. The van der Waals surface area contributed by atoms with Crippen molar-refractivity contribution in [3.05, 3.63) is 89.5 Å². The molecule has 0 aliphatic heterocycles. The minimum atomic E-state index is -1.34. The van der Waals surface area contributed by atoms with E-state index in [0.717, 1.165) is 22.3 Å². The number of carboxylic acids is 1. The highest BCUT2D eigenvalue weighted by Gasteiger charge is 2.31. The first-order valence-electron chi connectivity index (χ1n) is 13.9. The van der Waals surface area contributed by atoms with E-state index >= 15 is 0 Å². The molecule has 3 aromatic rings. The molecule has 3 aromatic carbocycles. The lowest BCUT2D eigenvalue weighted by Gasteiger charge is -2.22. The maximum Gasteiger partial charge on any atom is 0.407 e. The number of fused-ring (bicyclic) bond motifs is 3. The van der Waals surface area contributed by atoms with Crippen molar-refractivity contribution in [1.29, 1.82) is 0 Å². The van der Waals surface area contributed by atoms with Crippen molar-refractivity contribution >= 4 is 24.0 Å². The van der Waals surface area contributed by atoms with Crippen molar-refractivity contribution in [3.63, 3.8) is 0 Å². The lowest BCUT2D eigenvalue weighted by Crippen LogP contribution is -2.44. The Hall–Kier alpha value is -4.86. The Morgan fingerprint density at radius 1 is 0.860 bits per heavy atom. The lowest BCUT2D eigenvalue weighted by atomic mass is 9.98. The number of carboxylic acid groups (broad SMARTS) is 1. The third-order valence-corrected chi connectivity index (χ3v) is 6.60. The molecule has 0 saturated heterocycles. The Kier molecular flexibility index (Phi) is 10.0. The number of carbonyl (C=O) groups is 4. The molecular weight excluding hydrogens is 554 g/mol. The third kappa shape index (κ3) is 8.81. The highest BCUT2D eigenvalue weighted by Crippen LogP contribution is 2.44. The molecule has 0 fully saturated rings. The maximum absolute atomic E-state index is 13.0. The predicted molar refractivity (Wildman–Crippen MR) is 156 cm³/mol. The molecule has 226 valence electrons. The van der Waals surface area contributed by atoms with Gasteiger partial charge in [0.25, 0.3) is 0 Å². The number of hydrogen-bond acceptors (Lipinski definition) is 8. The fourth-order valence-electron chi connectivity index (χ4n) is 4.72. The summed E-state index contributed by atoms with van der Waals surface area (Å²) in [5, 5.41) is 11.2. The van der Waals surface area contributed by atoms with Crippen LogP contribution in [-0.4, -0.2) is 54.0 Å². The zero-order valence-corrected chi connectivity index (χ0v) is 24.3. The fourth-order valence-corrected chi connectivity index (χ4v) is 4.72. The van der Waals surface area contributed by atoms with Crippen molar-refractivity contribution < 1.29 is 43.2 Å². The lowest BCUT2D eigenvalue weighted by molar-refractivity contribution is -0.160. The minimum absolute atomic E-state index is 0.0253. The molecule has 0 spiro atoms. The van der Waals surface area contributed by atoms with Crippen molar-refractivity contribution in [3.8, 4) is 16.9 Å². The van der Waals surface area contributed by atoms with Crippen molar-refractivity contribution in [1.82, 2.24) is 5.32 Å². The van der Waals surface area contributed by atoms with Crippen molar-refractivity contribution in [2.75, 3.05) is 13.2 Å². The van der Waals surface area contributed by atoms with Gasteiger partial charge in [-0.3, -0.25) is 9.59 Å². The van der Waals surface area contributed by atoms with Gasteiger partial charge in [0.05, 0.1) is 19.4 Å². The van der Waals surface area contributed by atoms with Gasteiger partial charge < -0.3 is 29.4 Å². The Morgan fingerprint density at radius 2 is 1.47 bits per heavy atom. The van der Waals surface area contributed by atoms with Gasteiger partial charge in [-0.05, 0) is 60.7 Å². The quantitative estimate of drug-likeness (QED) is 0.215. The molecular formula is C33H35NO9. The third-order valence-electron chi connectivity index (χ3n) is 6.60. The number of carbonyl (C=O) groups excluding carboxylic acids is 3. The van der Waals surface area contributed by atoms with Crippen molar-refractivity contribution in [2.24, 2.45) is 0 Å². The van der Waals surface area contributed by atoms with Gasteiger partial charge in [0.2, 0.25) is 0 Å². The number of alkyl carbamates (subject to hydrolysis) is 1. The standard InChI is InChI=1S/C33H35NO9/c1-33(2,3)43-30(37)18-28(31(38)41-19-21-12-14-22(15-13-21)40-17-16-29(35)36)34-32(39)42-20-27-25-10-6-4-8-23(25)24-9-5-7-11-26(24)27/h4-15,27-28H,16-20H2,1-3H3,(H,34,39)(H,35,36)/t28-/m0/s1. The van der Waals surface area contributed by atoms with E-state index in [1.807, 2.05) is 48.5 Å². The molecule has 2 N–H and O–H groups in total. The van der Waals surface area contributed by atoms with Crippen LogP contribution >= 0.6 is 0 Å². The van der Waals surface area contributed by atoms with Gasteiger partial charge in [0, 0.05) is 5.92 Å². The van der Waals surface area contributed by atoms with Gasteiger partial charge in [-0.1, -0.05) is 60.7 Å². The highest BCUT2D eigenvalue weighted by atomic mass is 16.6. The summed E-state index contributed by atoms with van der Waals surface area (Å²) in [4.78, 5) is 49.1. The molecule has 0 saturated carbocycles. The summed E-state index contributed by atoms with van der Waals surface area (Å²) in [6.07, 6.45) is -1.44. The summed E-state index contributed by atoms with van der Waals surface area (Å²) in [5.41, 5.74) is 4.08. The largest absolute Gasteiger partial charge is 0.493 e. The van der Waals surface area contributed by atoms with E-state index in [4.69, 9.17) is 24.1 Å². The van der Waals surface area contributed by atoms with Crippen LogP contribution in [0.3, 0.4) is 0 Å². The Bertz CT molecular complexity index is 1410. The van der Waals surface area contributed by atoms with Crippen LogP contribution in [-0.2, 0) is 35.2 Å². The van der Waals surface area contributed by atoms with E-state index < -0.39 is 42.1 Å². The summed E-state index contributed by atoms with van der Waals surface area (Å²) in [6.45, 7) is 5.03. The first-order valence-corrected chi connectivity index (χ1v) is 13.9. The summed E-state index contributed by atoms with van der Waals surface area (Å²) in [5.74, 6) is -2.19. The number of ether oxygens (including phenoxy) is 4. The first kappa shape index (κ1) is 31.1. The second-order valence-corrected chi connectivity index (χ2v) is 11.1. The Balaban J connectivity index is 1.37. The van der Waals surface area contributed by atoms with E-state index in [1.54, 1.807) is 45.0 Å². The monoisotopic (exact) mass is 589 g/mol. The second kappa shape index (κ2) is 13.9. The molecule has 10 nitrogen and oxygen atoms in total. The Morgan fingerprint density at radius 3 is 2.05 bits per heavy atom. The van der Waals surface area contributed by atoms with Crippen LogP contribution in [0.4, 0.5) is 4.79 Å². The molecule has 0 aromatic heterocycles. The molecule has 1 atom stereocenters. The van der Waals surface area contributed by atoms with E-state index in [-0.39, 0.29) is 32.2 Å². The number of amides is 1. The van der Waals surface area contributed by atoms with Crippen LogP contribution in [0.2, 0.25) is 0 Å². The highest BCUT2D eigenvalue weighted by molar-refractivity contribution is 5.86. The average Bonchev–Trinajstić information content (AvgIpc) is 3.27. The molecule has 0 unspecified atom stereocenters. The summed E-state index contributed by atoms with van der Waals surface area (Å²) < 4.78 is 21.7. The number of aliphatic carboxylic acids is 1. The predicted octanol–water partition coefficient (Wildman–Crippen LogP) is 5.22. The van der Waals surface area contributed by atoms with Gasteiger partial charge in [0.1, 0.15) is 30.6 Å². The van der Waals surface area contributed by atoms with Crippen LogP contribution in [0, 0.1) is 0 Å². The van der Waals surface area contributed by atoms with E-state index in [2.05, 4.69) is 5.32 Å². The van der Waals surface area contributed by atoms with Crippen LogP contribution in [0.15, 0.2) is 72.8 Å². The van der Waals surface area contributed by atoms with Crippen LogP contribution < -0.4 is 10.1 Å². The van der Waals surface area contributed by atoms with Crippen molar-refractivity contribution in [2.45, 2.75) is 57.8 Å². The molecule has 0 radical (unpaired) electrons. The normalized spacial score (nSPS) is 12.8. The minimum Gasteiger partial charge on any atom is -0.493 e. The van der Waals surface area contributed by atoms with E-state index in [1.165, 1.54) is 0 Å². The maximum atomic E-state index is 13.0. The number of benzene rings is 3. The summed E-state index contributed by atoms with van der Waals surface area (Å²) in [7, 11) is 0. The number of rotatable bonds is 12. The first-order chi connectivity index (χ1) is 20.5. The molecule has 1 aliphatic carbocycles. The van der Waals surface area contributed by atoms with Gasteiger partial charge in [-0.25, -0.2) is 9.59 Å². The van der Waals surface area contributed by atoms with Gasteiger partial charge >= 0.3 is 24.0 Å². The average molecular weight is 590 g/mol. The summed E-state index contributed by atoms with van der Waals surface area (Å²) in [6, 6.07) is 21.1. The molecule has 10 heteroatoms. The SMILES string of the molecule is CC(C)(C)OC(=O)C[C@H](NC(=O)OCC1c2ccccc2-c2ccccc21)C(=O)OCc1ccc(OCCC(=O)O)cc1. The van der Waals surface area contributed by atoms with Gasteiger partial charge in [-0.2, -0.15) is 0 Å². The second-order valence-electron chi connectivity index (χ2n) is 11.1. The smallest absolute Gasteiger partial charge is 0.407 e. The topological polar surface area (TPSA) is 137 Å². The number of nitrogens with one attached hydrogen (secondary N) is 1. The van der Waals surface area contributed by atoms with Crippen LogP contribution in [0.1, 0.15) is 56.2 Å². The van der Waals surface area contributed by atoms with E-state index in [0.29, 0.717) is 11.3 Å². The number of esters is 2. The molecule has 1 amide bonds.